The zero-order chi connectivity index (χ0) is 16.8. The van der Waals surface area contributed by atoms with Crippen molar-refractivity contribution in [1.29, 1.82) is 0 Å². The molecule has 0 heterocycles. The molecule has 124 valence electrons. The third kappa shape index (κ3) is 4.49. The fraction of sp³-hybridized carbons (Fsp3) is 0.400. The molecule has 0 aliphatic carbocycles. The smallest absolute Gasteiger partial charge is 0.137 e. The van der Waals surface area contributed by atoms with Gasteiger partial charge in [-0.25, -0.2) is 0 Å². The van der Waals surface area contributed by atoms with Crippen molar-refractivity contribution in [2.45, 2.75) is 32.9 Å². The van der Waals surface area contributed by atoms with Crippen LogP contribution in [0.3, 0.4) is 0 Å². The van der Waals surface area contributed by atoms with Crippen molar-refractivity contribution < 1.29 is 4.74 Å². The van der Waals surface area contributed by atoms with Crippen molar-refractivity contribution in [3.05, 3.63) is 64.7 Å². The molecule has 0 saturated carbocycles. The summed E-state index contributed by atoms with van der Waals surface area (Å²) in [4.78, 5) is 2.40. The number of ether oxygens (including phenoxy) is 1. The maximum absolute atomic E-state index is 6.26. The average Bonchev–Trinajstić information content (AvgIpc) is 2.56. The Morgan fingerprint density at radius 3 is 2.39 bits per heavy atom. The maximum atomic E-state index is 6.26. The summed E-state index contributed by atoms with van der Waals surface area (Å²) in [5, 5.41) is 0.665. The van der Waals surface area contributed by atoms with Crippen molar-refractivity contribution in [2.24, 2.45) is 5.92 Å². The monoisotopic (exact) mass is 331 g/mol. The van der Waals surface area contributed by atoms with Crippen LogP contribution >= 0.6 is 11.6 Å². The molecule has 0 aliphatic heterocycles. The third-order valence-corrected chi connectivity index (χ3v) is 4.74. The summed E-state index contributed by atoms with van der Waals surface area (Å²) >= 11 is 6.26. The molecule has 0 amide bonds. The summed E-state index contributed by atoms with van der Waals surface area (Å²) < 4.78 is 5.23. The van der Waals surface area contributed by atoms with Crippen molar-refractivity contribution in [2.75, 3.05) is 14.2 Å². The van der Waals surface area contributed by atoms with Gasteiger partial charge in [-0.15, -0.1) is 0 Å². The standard InChI is InChI=1S/C20H26ClNO/c1-5-15(2)20(17-9-7-6-8-10-17)22(3)14-16-11-12-19(23-4)18(21)13-16/h6-13,15,20H,5,14H2,1-4H3. The molecule has 2 unspecified atom stereocenters. The van der Waals surface area contributed by atoms with E-state index >= 15 is 0 Å². The van der Waals surface area contributed by atoms with Crippen molar-refractivity contribution >= 4 is 11.6 Å². The summed E-state index contributed by atoms with van der Waals surface area (Å²) in [5.74, 6) is 1.30. The molecule has 0 bridgehead atoms. The molecule has 0 aliphatic rings. The predicted octanol–water partition coefficient (Wildman–Crippen LogP) is 5.57. The topological polar surface area (TPSA) is 12.5 Å². The van der Waals surface area contributed by atoms with E-state index in [1.165, 1.54) is 11.1 Å². The van der Waals surface area contributed by atoms with Crippen LogP contribution in [0.5, 0.6) is 5.75 Å². The molecule has 2 nitrogen and oxygen atoms in total. The molecule has 0 aromatic heterocycles. The molecular weight excluding hydrogens is 306 g/mol. The SMILES string of the molecule is CCC(C)C(c1ccccc1)N(C)Cc1ccc(OC)c(Cl)c1. The van der Waals surface area contributed by atoms with Gasteiger partial charge < -0.3 is 4.74 Å². The normalized spacial score (nSPS) is 13.8. The van der Waals surface area contributed by atoms with E-state index in [1.807, 2.05) is 12.1 Å². The zero-order valence-corrected chi connectivity index (χ0v) is 15.2. The first-order chi connectivity index (χ1) is 11.1. The largest absolute Gasteiger partial charge is 0.495 e. The first-order valence-corrected chi connectivity index (χ1v) is 8.52. The Kier molecular flexibility index (Phi) is 6.49. The van der Waals surface area contributed by atoms with E-state index < -0.39 is 0 Å². The Morgan fingerprint density at radius 2 is 1.83 bits per heavy atom. The molecule has 2 rings (SSSR count). The minimum atomic E-state index is 0.391. The molecular formula is C20H26ClNO. The van der Waals surface area contributed by atoms with Gasteiger partial charge in [0.25, 0.3) is 0 Å². The van der Waals surface area contributed by atoms with Crippen LogP contribution in [0.4, 0.5) is 0 Å². The van der Waals surface area contributed by atoms with Crippen LogP contribution in [0.2, 0.25) is 5.02 Å². The lowest BCUT2D eigenvalue weighted by molar-refractivity contribution is 0.174. The van der Waals surface area contributed by atoms with Crippen LogP contribution in [-0.4, -0.2) is 19.1 Å². The molecule has 23 heavy (non-hydrogen) atoms. The van der Waals surface area contributed by atoms with Crippen molar-refractivity contribution in [1.82, 2.24) is 4.90 Å². The number of rotatable bonds is 7. The second kappa shape index (κ2) is 8.37. The highest BCUT2D eigenvalue weighted by atomic mass is 35.5. The molecule has 2 aromatic carbocycles. The van der Waals surface area contributed by atoms with E-state index in [4.69, 9.17) is 16.3 Å². The van der Waals surface area contributed by atoms with Gasteiger partial charge in [0.1, 0.15) is 5.75 Å². The van der Waals surface area contributed by atoms with Crippen LogP contribution in [0.15, 0.2) is 48.5 Å². The minimum Gasteiger partial charge on any atom is -0.495 e. The Bertz CT molecular complexity index is 614. The lowest BCUT2D eigenvalue weighted by atomic mass is 9.91. The molecule has 0 saturated heterocycles. The van der Waals surface area contributed by atoms with Gasteiger partial charge in [0.15, 0.2) is 0 Å². The van der Waals surface area contributed by atoms with Gasteiger partial charge in [-0.1, -0.05) is 68.3 Å². The van der Waals surface area contributed by atoms with Crippen molar-refractivity contribution in [3.63, 3.8) is 0 Å². The molecule has 0 spiro atoms. The summed E-state index contributed by atoms with van der Waals surface area (Å²) in [7, 11) is 3.82. The second-order valence-corrected chi connectivity index (χ2v) is 6.53. The molecule has 3 heteroatoms. The fourth-order valence-electron chi connectivity index (χ4n) is 3.09. The number of nitrogens with zero attached hydrogens (tertiary/aromatic N) is 1. The van der Waals surface area contributed by atoms with Gasteiger partial charge in [-0.05, 0) is 36.2 Å². The molecule has 2 aromatic rings. The quantitative estimate of drug-likeness (QED) is 0.657. The van der Waals surface area contributed by atoms with E-state index in [9.17, 15) is 0 Å². The Morgan fingerprint density at radius 1 is 1.13 bits per heavy atom. The Labute approximate surface area is 145 Å². The van der Waals surface area contributed by atoms with E-state index in [0.717, 1.165) is 18.7 Å². The van der Waals surface area contributed by atoms with Crippen LogP contribution in [0, 0.1) is 5.92 Å². The van der Waals surface area contributed by atoms with Gasteiger partial charge in [0.05, 0.1) is 12.1 Å². The predicted molar refractivity (Wildman–Crippen MR) is 98.1 cm³/mol. The fourth-order valence-corrected chi connectivity index (χ4v) is 3.37. The highest BCUT2D eigenvalue weighted by Crippen LogP contribution is 2.32. The van der Waals surface area contributed by atoms with E-state index in [1.54, 1.807) is 7.11 Å². The number of halogens is 1. The minimum absolute atomic E-state index is 0.391. The number of methoxy groups -OCH3 is 1. The van der Waals surface area contributed by atoms with Gasteiger partial charge in [0, 0.05) is 12.6 Å². The highest BCUT2D eigenvalue weighted by Gasteiger charge is 2.22. The van der Waals surface area contributed by atoms with Gasteiger partial charge in [-0.3, -0.25) is 4.90 Å². The molecule has 2 atom stereocenters. The van der Waals surface area contributed by atoms with Gasteiger partial charge >= 0.3 is 0 Å². The average molecular weight is 332 g/mol. The summed E-state index contributed by atoms with van der Waals surface area (Å²) in [5.41, 5.74) is 2.56. The van der Waals surface area contributed by atoms with Gasteiger partial charge in [0.2, 0.25) is 0 Å². The van der Waals surface area contributed by atoms with Gasteiger partial charge in [-0.2, -0.15) is 0 Å². The van der Waals surface area contributed by atoms with E-state index in [0.29, 0.717) is 17.0 Å². The van der Waals surface area contributed by atoms with Crippen LogP contribution in [-0.2, 0) is 6.54 Å². The first kappa shape index (κ1) is 17.8. The molecule has 0 fully saturated rings. The van der Waals surface area contributed by atoms with Crippen LogP contribution in [0.25, 0.3) is 0 Å². The summed E-state index contributed by atoms with van der Waals surface area (Å²) in [6.07, 6.45) is 1.15. The highest BCUT2D eigenvalue weighted by molar-refractivity contribution is 6.32. The second-order valence-electron chi connectivity index (χ2n) is 6.13. The van der Waals surface area contributed by atoms with Crippen LogP contribution in [0.1, 0.15) is 37.4 Å². The lowest BCUT2D eigenvalue weighted by Crippen LogP contribution is -2.29. The number of hydrogen-bond acceptors (Lipinski definition) is 2. The Hall–Kier alpha value is -1.51. The number of hydrogen-bond donors (Lipinski definition) is 0. The third-order valence-electron chi connectivity index (χ3n) is 4.45. The van der Waals surface area contributed by atoms with E-state index in [2.05, 4.69) is 62.2 Å². The number of benzene rings is 2. The first-order valence-electron chi connectivity index (χ1n) is 8.14. The summed E-state index contributed by atoms with van der Waals surface area (Å²) in [6, 6.07) is 17.1. The van der Waals surface area contributed by atoms with E-state index in [-0.39, 0.29) is 0 Å². The molecule has 0 radical (unpaired) electrons. The maximum Gasteiger partial charge on any atom is 0.137 e. The summed E-state index contributed by atoms with van der Waals surface area (Å²) in [6.45, 7) is 5.42. The lowest BCUT2D eigenvalue weighted by Gasteiger charge is -2.33. The zero-order valence-electron chi connectivity index (χ0n) is 14.4. The van der Waals surface area contributed by atoms with Crippen LogP contribution < -0.4 is 4.74 Å². The molecule has 0 N–H and O–H groups in total. The van der Waals surface area contributed by atoms with Crippen molar-refractivity contribution in [3.8, 4) is 5.75 Å². The Balaban J connectivity index is 2.21.